The van der Waals surface area contributed by atoms with Crippen molar-refractivity contribution in [3.63, 3.8) is 0 Å². The van der Waals surface area contributed by atoms with Crippen molar-refractivity contribution >= 4 is 5.78 Å². The lowest BCUT2D eigenvalue weighted by atomic mass is 10.1. The highest BCUT2D eigenvalue weighted by molar-refractivity contribution is 6.11. The van der Waals surface area contributed by atoms with E-state index in [-0.39, 0.29) is 5.78 Å². The summed E-state index contributed by atoms with van der Waals surface area (Å²) < 4.78 is 15.6. The number of benzene rings is 1. The van der Waals surface area contributed by atoms with Gasteiger partial charge in [0.15, 0.2) is 5.76 Å². The van der Waals surface area contributed by atoms with E-state index >= 15 is 0 Å². The minimum Gasteiger partial charge on any atom is -0.496 e. The molecule has 90 valence electrons. The highest BCUT2D eigenvalue weighted by atomic mass is 16.5. The third kappa shape index (κ3) is 2.11. The van der Waals surface area contributed by atoms with Gasteiger partial charge in [-0.1, -0.05) is 6.07 Å². The molecule has 4 heteroatoms. The van der Waals surface area contributed by atoms with Gasteiger partial charge in [0.05, 0.1) is 20.8 Å². The molecule has 0 atom stereocenters. The summed E-state index contributed by atoms with van der Waals surface area (Å²) in [6.07, 6.45) is 2.55. The molecule has 0 fully saturated rings. The standard InChI is InChI=1S/C13H14O4/c1-15-9-5-3-6-10(16-2)12(9)13(14)11-7-4-8-17-11/h3,5-7H,4,8H2,1-2H3. The van der Waals surface area contributed by atoms with Crippen molar-refractivity contribution in [1.29, 1.82) is 0 Å². The number of allylic oxidation sites excluding steroid dienone is 1. The van der Waals surface area contributed by atoms with Crippen LogP contribution in [0, 0.1) is 0 Å². The Morgan fingerprint density at radius 2 is 1.88 bits per heavy atom. The molecule has 0 aliphatic carbocycles. The lowest BCUT2D eigenvalue weighted by molar-refractivity contribution is 0.0936. The predicted octanol–water partition coefficient (Wildman–Crippen LogP) is 2.19. The van der Waals surface area contributed by atoms with E-state index in [9.17, 15) is 4.79 Å². The van der Waals surface area contributed by atoms with Crippen LogP contribution in [0.4, 0.5) is 0 Å². The second kappa shape index (κ2) is 4.91. The van der Waals surface area contributed by atoms with Crippen LogP contribution in [0.3, 0.4) is 0 Å². The van der Waals surface area contributed by atoms with Crippen LogP contribution >= 0.6 is 0 Å². The monoisotopic (exact) mass is 234 g/mol. The lowest BCUT2D eigenvalue weighted by Gasteiger charge is -2.12. The Labute approximate surface area is 99.8 Å². The Hall–Kier alpha value is -1.97. The van der Waals surface area contributed by atoms with Crippen LogP contribution < -0.4 is 9.47 Å². The zero-order valence-electron chi connectivity index (χ0n) is 9.86. The molecule has 17 heavy (non-hydrogen) atoms. The van der Waals surface area contributed by atoms with Crippen molar-refractivity contribution in [3.05, 3.63) is 35.6 Å². The number of rotatable bonds is 4. The molecule has 1 heterocycles. The normalized spacial score (nSPS) is 13.9. The summed E-state index contributed by atoms with van der Waals surface area (Å²) in [6.45, 7) is 0.554. The summed E-state index contributed by atoms with van der Waals surface area (Å²) in [5, 5.41) is 0. The molecule has 0 spiro atoms. The molecule has 0 saturated heterocycles. The molecule has 0 bridgehead atoms. The van der Waals surface area contributed by atoms with Gasteiger partial charge < -0.3 is 14.2 Å². The minimum absolute atomic E-state index is 0.197. The molecule has 0 N–H and O–H groups in total. The van der Waals surface area contributed by atoms with Crippen molar-refractivity contribution in [1.82, 2.24) is 0 Å². The van der Waals surface area contributed by atoms with Gasteiger partial charge in [-0.15, -0.1) is 0 Å². The Kier molecular flexibility index (Phi) is 3.32. The number of hydrogen-bond acceptors (Lipinski definition) is 4. The van der Waals surface area contributed by atoms with Gasteiger partial charge in [-0.3, -0.25) is 4.79 Å². The van der Waals surface area contributed by atoms with Crippen LogP contribution in [0.25, 0.3) is 0 Å². The summed E-state index contributed by atoms with van der Waals surface area (Å²) in [6, 6.07) is 5.23. The summed E-state index contributed by atoms with van der Waals surface area (Å²) in [4.78, 5) is 12.3. The van der Waals surface area contributed by atoms with Crippen LogP contribution in [0.2, 0.25) is 0 Å². The zero-order valence-corrected chi connectivity index (χ0v) is 9.86. The minimum atomic E-state index is -0.197. The Morgan fingerprint density at radius 3 is 2.35 bits per heavy atom. The number of Topliss-reactive ketones (excluding diaryl/α,β-unsaturated/α-hetero) is 1. The van der Waals surface area contributed by atoms with E-state index in [1.807, 2.05) is 0 Å². The Balaban J connectivity index is 2.45. The summed E-state index contributed by atoms with van der Waals surface area (Å²) in [5.41, 5.74) is 0.408. The van der Waals surface area contributed by atoms with Gasteiger partial charge in [-0.25, -0.2) is 0 Å². The number of carbonyl (C=O) groups excluding carboxylic acids is 1. The molecule has 2 rings (SSSR count). The first kappa shape index (κ1) is 11.5. The molecule has 1 aliphatic heterocycles. The van der Waals surface area contributed by atoms with Crippen molar-refractivity contribution in [2.75, 3.05) is 20.8 Å². The first-order valence-corrected chi connectivity index (χ1v) is 5.36. The van der Waals surface area contributed by atoms with Crippen molar-refractivity contribution < 1.29 is 19.0 Å². The van der Waals surface area contributed by atoms with Crippen molar-refractivity contribution in [2.45, 2.75) is 6.42 Å². The number of hydrogen-bond donors (Lipinski definition) is 0. The fourth-order valence-corrected chi connectivity index (χ4v) is 1.77. The van der Waals surface area contributed by atoms with Crippen LogP contribution in [-0.4, -0.2) is 26.6 Å². The van der Waals surface area contributed by atoms with E-state index in [1.54, 1.807) is 24.3 Å². The number of methoxy groups -OCH3 is 2. The maximum absolute atomic E-state index is 12.3. The molecular formula is C13H14O4. The van der Waals surface area contributed by atoms with Gasteiger partial charge in [0.1, 0.15) is 17.1 Å². The molecule has 0 radical (unpaired) electrons. The van der Waals surface area contributed by atoms with Crippen molar-refractivity contribution in [2.24, 2.45) is 0 Å². The first-order valence-electron chi connectivity index (χ1n) is 5.36. The molecule has 0 amide bonds. The van der Waals surface area contributed by atoms with Gasteiger partial charge >= 0.3 is 0 Å². The Bertz CT molecular complexity index is 440. The van der Waals surface area contributed by atoms with Crippen LogP contribution in [0.1, 0.15) is 16.8 Å². The van der Waals surface area contributed by atoms with E-state index < -0.39 is 0 Å². The van der Waals surface area contributed by atoms with Gasteiger partial charge in [0, 0.05) is 6.42 Å². The van der Waals surface area contributed by atoms with E-state index in [4.69, 9.17) is 14.2 Å². The first-order chi connectivity index (χ1) is 8.27. The van der Waals surface area contributed by atoms with Gasteiger partial charge in [0.25, 0.3) is 0 Å². The topological polar surface area (TPSA) is 44.8 Å². The summed E-state index contributed by atoms with van der Waals surface area (Å²) in [7, 11) is 3.05. The predicted molar refractivity (Wildman–Crippen MR) is 62.5 cm³/mol. The number of ketones is 1. The van der Waals surface area contributed by atoms with Crippen LogP contribution in [0.15, 0.2) is 30.0 Å². The second-order valence-electron chi connectivity index (χ2n) is 3.57. The largest absolute Gasteiger partial charge is 0.496 e. The molecule has 1 aromatic rings. The average Bonchev–Trinajstić information content (AvgIpc) is 2.90. The SMILES string of the molecule is COc1cccc(OC)c1C(=O)C1=CCCO1. The summed E-state index contributed by atoms with van der Waals surface area (Å²) >= 11 is 0. The average molecular weight is 234 g/mol. The third-order valence-electron chi connectivity index (χ3n) is 2.58. The molecule has 4 nitrogen and oxygen atoms in total. The molecule has 0 saturated carbocycles. The fraction of sp³-hybridized carbons (Fsp3) is 0.308. The smallest absolute Gasteiger partial charge is 0.234 e. The van der Waals surface area contributed by atoms with E-state index in [0.29, 0.717) is 29.4 Å². The maximum atomic E-state index is 12.3. The molecular weight excluding hydrogens is 220 g/mol. The molecule has 1 aromatic carbocycles. The molecule has 1 aliphatic rings. The lowest BCUT2D eigenvalue weighted by Crippen LogP contribution is -2.08. The highest BCUT2D eigenvalue weighted by Crippen LogP contribution is 2.31. The Morgan fingerprint density at radius 1 is 1.24 bits per heavy atom. The van der Waals surface area contributed by atoms with E-state index in [1.165, 1.54) is 14.2 Å². The third-order valence-corrected chi connectivity index (χ3v) is 2.58. The van der Waals surface area contributed by atoms with Gasteiger partial charge in [-0.2, -0.15) is 0 Å². The fourth-order valence-electron chi connectivity index (χ4n) is 1.77. The van der Waals surface area contributed by atoms with Gasteiger partial charge in [0.2, 0.25) is 5.78 Å². The van der Waals surface area contributed by atoms with E-state index in [2.05, 4.69) is 0 Å². The molecule has 0 unspecified atom stereocenters. The van der Waals surface area contributed by atoms with E-state index in [0.717, 1.165) is 6.42 Å². The number of ether oxygens (including phenoxy) is 3. The number of carbonyl (C=O) groups is 1. The maximum Gasteiger partial charge on any atom is 0.234 e. The highest BCUT2D eigenvalue weighted by Gasteiger charge is 2.24. The van der Waals surface area contributed by atoms with Crippen LogP contribution in [-0.2, 0) is 4.74 Å². The summed E-state index contributed by atoms with van der Waals surface area (Å²) in [5.74, 6) is 1.15. The van der Waals surface area contributed by atoms with Crippen LogP contribution in [0.5, 0.6) is 11.5 Å². The second-order valence-corrected chi connectivity index (χ2v) is 3.57. The quantitative estimate of drug-likeness (QED) is 0.749. The van der Waals surface area contributed by atoms with Crippen molar-refractivity contribution in [3.8, 4) is 11.5 Å². The van der Waals surface area contributed by atoms with Gasteiger partial charge in [-0.05, 0) is 18.2 Å². The molecule has 0 aromatic heterocycles. The zero-order chi connectivity index (χ0) is 12.3.